The van der Waals surface area contributed by atoms with Crippen molar-refractivity contribution < 1.29 is 23.1 Å². The first-order valence-corrected chi connectivity index (χ1v) is 7.14. The average molecular weight is 321 g/mol. The van der Waals surface area contributed by atoms with Gasteiger partial charge in [0.25, 0.3) is 5.91 Å². The van der Waals surface area contributed by atoms with Crippen LogP contribution in [0.5, 0.6) is 0 Å². The SMILES string of the molecule is Cc1ccc2c(c1)C(O)CCN2C(=O)c1ccc(F)c(F)c1F. The van der Waals surface area contributed by atoms with Crippen LogP contribution in [0.1, 0.15) is 34.0 Å². The van der Waals surface area contributed by atoms with E-state index < -0.39 is 35.0 Å². The highest BCUT2D eigenvalue weighted by Crippen LogP contribution is 2.35. The Kier molecular flexibility index (Phi) is 3.85. The quantitative estimate of drug-likeness (QED) is 0.817. The molecule has 1 aliphatic heterocycles. The average Bonchev–Trinajstić information content (AvgIpc) is 2.53. The topological polar surface area (TPSA) is 40.5 Å². The van der Waals surface area contributed by atoms with Crippen molar-refractivity contribution in [3.8, 4) is 0 Å². The van der Waals surface area contributed by atoms with Crippen LogP contribution in [0.4, 0.5) is 18.9 Å². The van der Waals surface area contributed by atoms with Crippen LogP contribution in [-0.4, -0.2) is 17.6 Å². The molecule has 2 aromatic rings. The number of anilines is 1. The number of hydrogen-bond donors (Lipinski definition) is 1. The molecule has 1 N–H and O–H groups in total. The molecule has 6 heteroatoms. The number of rotatable bonds is 1. The summed E-state index contributed by atoms with van der Waals surface area (Å²) in [6.07, 6.45) is -0.434. The molecular formula is C17H14F3NO2. The van der Waals surface area contributed by atoms with Gasteiger partial charge in [-0.05, 0) is 31.5 Å². The van der Waals surface area contributed by atoms with Crippen molar-refractivity contribution >= 4 is 11.6 Å². The van der Waals surface area contributed by atoms with Gasteiger partial charge in [-0.15, -0.1) is 0 Å². The fourth-order valence-electron chi connectivity index (χ4n) is 2.76. The number of amides is 1. The zero-order chi connectivity index (χ0) is 16.7. The van der Waals surface area contributed by atoms with Gasteiger partial charge in [-0.1, -0.05) is 17.7 Å². The smallest absolute Gasteiger partial charge is 0.261 e. The van der Waals surface area contributed by atoms with Gasteiger partial charge in [0.2, 0.25) is 0 Å². The lowest BCUT2D eigenvalue weighted by molar-refractivity contribution is 0.0965. The van der Waals surface area contributed by atoms with Crippen LogP contribution in [0, 0.1) is 24.4 Å². The van der Waals surface area contributed by atoms with Gasteiger partial charge >= 0.3 is 0 Å². The highest BCUT2D eigenvalue weighted by atomic mass is 19.2. The Labute approximate surface area is 131 Å². The number of hydrogen-bond acceptors (Lipinski definition) is 2. The molecule has 0 spiro atoms. The second-order valence-corrected chi connectivity index (χ2v) is 5.55. The second kappa shape index (κ2) is 5.70. The minimum absolute atomic E-state index is 0.161. The van der Waals surface area contributed by atoms with Crippen LogP contribution in [-0.2, 0) is 0 Å². The van der Waals surface area contributed by atoms with Crippen LogP contribution in [0.15, 0.2) is 30.3 Å². The van der Waals surface area contributed by atoms with E-state index in [0.717, 1.165) is 17.7 Å². The van der Waals surface area contributed by atoms with E-state index in [2.05, 4.69) is 0 Å². The van der Waals surface area contributed by atoms with Crippen molar-refractivity contribution in [2.45, 2.75) is 19.4 Å². The lowest BCUT2D eigenvalue weighted by atomic mass is 9.96. The van der Waals surface area contributed by atoms with Crippen molar-refractivity contribution in [1.29, 1.82) is 0 Å². The minimum Gasteiger partial charge on any atom is -0.388 e. The van der Waals surface area contributed by atoms with Crippen LogP contribution < -0.4 is 4.90 Å². The summed E-state index contributed by atoms with van der Waals surface area (Å²) in [5.41, 5.74) is 1.39. The summed E-state index contributed by atoms with van der Waals surface area (Å²) in [5.74, 6) is -5.28. The van der Waals surface area contributed by atoms with Crippen molar-refractivity contribution in [3.05, 3.63) is 64.5 Å². The van der Waals surface area contributed by atoms with Crippen LogP contribution in [0.2, 0.25) is 0 Å². The summed E-state index contributed by atoms with van der Waals surface area (Å²) in [4.78, 5) is 13.8. The van der Waals surface area contributed by atoms with Gasteiger partial charge in [0.05, 0.1) is 11.7 Å². The maximum Gasteiger partial charge on any atom is 0.261 e. The third kappa shape index (κ3) is 2.59. The number of carbonyl (C=O) groups excluding carboxylic acids is 1. The number of carbonyl (C=O) groups is 1. The molecule has 0 saturated heterocycles. The fourth-order valence-corrected chi connectivity index (χ4v) is 2.76. The molecule has 1 atom stereocenters. The Morgan fingerprint density at radius 1 is 1.17 bits per heavy atom. The minimum atomic E-state index is -1.67. The summed E-state index contributed by atoms with van der Waals surface area (Å²) in [7, 11) is 0. The van der Waals surface area contributed by atoms with Gasteiger partial charge in [0.15, 0.2) is 17.5 Å². The molecule has 0 saturated carbocycles. The molecule has 1 aliphatic rings. The number of benzene rings is 2. The molecule has 0 radical (unpaired) electrons. The summed E-state index contributed by atoms with van der Waals surface area (Å²) < 4.78 is 40.3. The van der Waals surface area contributed by atoms with E-state index in [1.165, 1.54) is 4.90 Å². The number of aliphatic hydroxyl groups is 1. The summed E-state index contributed by atoms with van der Waals surface area (Å²) in [5, 5.41) is 10.1. The fraction of sp³-hybridized carbons (Fsp3) is 0.235. The predicted octanol–water partition coefficient (Wildman–Crippen LogP) is 3.50. The van der Waals surface area contributed by atoms with Crippen LogP contribution >= 0.6 is 0 Å². The van der Waals surface area contributed by atoms with E-state index in [0.29, 0.717) is 11.3 Å². The molecule has 120 valence electrons. The first-order valence-electron chi connectivity index (χ1n) is 7.14. The Morgan fingerprint density at radius 2 is 1.91 bits per heavy atom. The largest absolute Gasteiger partial charge is 0.388 e. The Hall–Kier alpha value is -2.34. The molecule has 0 bridgehead atoms. The molecule has 3 nitrogen and oxygen atoms in total. The standard InChI is InChI=1S/C17H14F3NO2/c1-9-2-5-13-11(8-9)14(22)6-7-21(13)17(23)10-3-4-12(18)16(20)15(10)19/h2-5,8,14,22H,6-7H2,1H3. The van der Waals surface area contributed by atoms with Gasteiger partial charge < -0.3 is 10.0 Å². The zero-order valence-corrected chi connectivity index (χ0v) is 12.3. The highest BCUT2D eigenvalue weighted by Gasteiger charge is 2.30. The molecule has 2 aromatic carbocycles. The molecule has 1 unspecified atom stereocenters. The second-order valence-electron chi connectivity index (χ2n) is 5.55. The summed E-state index contributed by atoms with van der Waals surface area (Å²) in [6, 6.07) is 6.82. The molecular weight excluding hydrogens is 307 g/mol. The van der Waals surface area contributed by atoms with Gasteiger partial charge in [-0.3, -0.25) is 4.79 Å². The van der Waals surface area contributed by atoms with Crippen molar-refractivity contribution in [2.24, 2.45) is 0 Å². The van der Waals surface area contributed by atoms with Crippen LogP contribution in [0.25, 0.3) is 0 Å². The maximum atomic E-state index is 13.9. The molecule has 1 amide bonds. The van der Waals surface area contributed by atoms with Crippen LogP contribution in [0.3, 0.4) is 0 Å². The van der Waals surface area contributed by atoms with Gasteiger partial charge in [-0.2, -0.15) is 0 Å². The van der Waals surface area contributed by atoms with Crippen molar-refractivity contribution in [2.75, 3.05) is 11.4 Å². The molecule has 0 aromatic heterocycles. The number of fused-ring (bicyclic) bond motifs is 1. The molecule has 0 fully saturated rings. The molecule has 1 heterocycles. The van der Waals surface area contributed by atoms with E-state index in [-0.39, 0.29) is 13.0 Å². The Balaban J connectivity index is 2.05. The number of aryl methyl sites for hydroxylation is 1. The number of nitrogens with zero attached hydrogens (tertiary/aromatic N) is 1. The van der Waals surface area contributed by atoms with E-state index in [4.69, 9.17) is 0 Å². The van der Waals surface area contributed by atoms with E-state index in [9.17, 15) is 23.1 Å². The Bertz CT molecular complexity index is 792. The monoisotopic (exact) mass is 321 g/mol. The summed E-state index contributed by atoms with van der Waals surface area (Å²) >= 11 is 0. The first kappa shape index (κ1) is 15.6. The molecule has 23 heavy (non-hydrogen) atoms. The molecule has 3 rings (SSSR count). The predicted molar refractivity (Wildman–Crippen MR) is 78.7 cm³/mol. The highest BCUT2D eigenvalue weighted by molar-refractivity contribution is 6.07. The van der Waals surface area contributed by atoms with E-state index >= 15 is 0 Å². The maximum absolute atomic E-state index is 13.9. The lowest BCUT2D eigenvalue weighted by Crippen LogP contribution is -2.37. The molecule has 0 aliphatic carbocycles. The van der Waals surface area contributed by atoms with E-state index in [1.807, 2.05) is 6.92 Å². The van der Waals surface area contributed by atoms with Gasteiger partial charge in [0.1, 0.15) is 0 Å². The third-order valence-electron chi connectivity index (χ3n) is 3.97. The number of aliphatic hydroxyl groups excluding tert-OH is 1. The van der Waals surface area contributed by atoms with E-state index in [1.54, 1.807) is 18.2 Å². The lowest BCUT2D eigenvalue weighted by Gasteiger charge is -2.32. The normalized spacial score (nSPS) is 17.1. The number of halogens is 3. The third-order valence-corrected chi connectivity index (χ3v) is 3.97. The van der Waals surface area contributed by atoms with Gasteiger partial charge in [-0.25, -0.2) is 13.2 Å². The van der Waals surface area contributed by atoms with Gasteiger partial charge in [0, 0.05) is 17.8 Å². The Morgan fingerprint density at radius 3 is 2.65 bits per heavy atom. The zero-order valence-electron chi connectivity index (χ0n) is 12.3. The van der Waals surface area contributed by atoms with Crippen molar-refractivity contribution in [3.63, 3.8) is 0 Å². The summed E-state index contributed by atoms with van der Waals surface area (Å²) in [6.45, 7) is 2.01. The van der Waals surface area contributed by atoms with Crippen molar-refractivity contribution in [1.82, 2.24) is 0 Å². The first-order chi connectivity index (χ1) is 10.9.